The highest BCUT2D eigenvalue weighted by Gasteiger charge is 2.30. The molecule has 4 rings (SSSR count). The van der Waals surface area contributed by atoms with Gasteiger partial charge in [-0.1, -0.05) is 42.4 Å². The Labute approximate surface area is 191 Å². The normalized spacial score (nSPS) is 15.2. The van der Waals surface area contributed by atoms with Crippen LogP contribution in [0.4, 0.5) is 5.69 Å². The van der Waals surface area contributed by atoms with Crippen LogP contribution in [0.3, 0.4) is 0 Å². The first kappa shape index (κ1) is 22.4. The van der Waals surface area contributed by atoms with E-state index >= 15 is 0 Å². The highest BCUT2D eigenvalue weighted by molar-refractivity contribution is 7.91. The number of carbonyl (C=O) groups excluding carboxylic acids is 1. The van der Waals surface area contributed by atoms with Gasteiger partial charge >= 0.3 is 0 Å². The van der Waals surface area contributed by atoms with Crippen LogP contribution in [0.25, 0.3) is 12.2 Å². The zero-order valence-corrected chi connectivity index (χ0v) is 19.5. The number of aromatic nitrogens is 1. The van der Waals surface area contributed by atoms with E-state index in [1.54, 1.807) is 31.2 Å². The average Bonchev–Trinajstić information content (AvgIpc) is 3.44. The quantitative estimate of drug-likeness (QED) is 0.473. The van der Waals surface area contributed by atoms with Crippen molar-refractivity contribution in [2.45, 2.75) is 36.8 Å². The smallest absolute Gasteiger partial charge is 0.250 e. The summed E-state index contributed by atoms with van der Waals surface area (Å²) < 4.78 is 33.7. The van der Waals surface area contributed by atoms with Gasteiger partial charge in [0, 0.05) is 17.3 Å². The van der Waals surface area contributed by atoms with E-state index in [4.69, 9.17) is 4.52 Å². The molecule has 1 aliphatic rings. The van der Waals surface area contributed by atoms with E-state index in [9.17, 15) is 13.2 Å². The van der Waals surface area contributed by atoms with Gasteiger partial charge in [-0.25, -0.2) is 13.1 Å². The molecule has 3 aromatic rings. The van der Waals surface area contributed by atoms with E-state index in [0.717, 1.165) is 34.6 Å². The Kier molecular flexibility index (Phi) is 6.59. The molecule has 2 N–H and O–H groups in total. The zero-order valence-electron chi connectivity index (χ0n) is 17.9. The van der Waals surface area contributed by atoms with Crippen LogP contribution in [0.1, 0.15) is 47.6 Å². The lowest BCUT2D eigenvalue weighted by Crippen LogP contribution is -2.27. The highest BCUT2D eigenvalue weighted by Crippen LogP contribution is 2.32. The summed E-state index contributed by atoms with van der Waals surface area (Å²) >= 11 is 1.16. The van der Waals surface area contributed by atoms with Crippen molar-refractivity contribution in [2.75, 3.05) is 11.9 Å². The molecule has 7 nitrogen and oxygen atoms in total. The number of thiophene rings is 1. The Hall–Kier alpha value is -2.75. The number of aryl methyl sites for hydroxylation is 1. The minimum atomic E-state index is -3.61. The maximum Gasteiger partial charge on any atom is 0.250 e. The van der Waals surface area contributed by atoms with Crippen LogP contribution in [-0.4, -0.2) is 26.0 Å². The number of benzene rings is 1. The van der Waals surface area contributed by atoms with Gasteiger partial charge in [-0.15, -0.1) is 11.3 Å². The maximum atomic E-state index is 12.7. The summed E-state index contributed by atoms with van der Waals surface area (Å²) in [6, 6.07) is 13.1. The summed E-state index contributed by atoms with van der Waals surface area (Å²) in [7, 11) is -3.61. The third kappa shape index (κ3) is 5.35. The molecule has 1 fully saturated rings. The Morgan fingerprint density at radius 1 is 1.22 bits per heavy atom. The molecule has 1 amide bonds. The highest BCUT2D eigenvalue weighted by atomic mass is 32.2. The Morgan fingerprint density at radius 3 is 2.69 bits per heavy atom. The molecule has 1 aromatic carbocycles. The van der Waals surface area contributed by atoms with E-state index in [1.807, 2.05) is 37.3 Å². The van der Waals surface area contributed by atoms with E-state index in [1.165, 1.54) is 0 Å². The predicted molar refractivity (Wildman–Crippen MR) is 126 cm³/mol. The van der Waals surface area contributed by atoms with Crippen molar-refractivity contribution in [1.82, 2.24) is 9.88 Å². The summed E-state index contributed by atoms with van der Waals surface area (Å²) in [5.74, 6) is 0.544. The van der Waals surface area contributed by atoms with E-state index < -0.39 is 10.0 Å². The largest absolute Gasteiger partial charge is 0.354 e. The van der Waals surface area contributed by atoms with E-state index in [0.29, 0.717) is 23.7 Å². The molecule has 2 heterocycles. The average molecular weight is 472 g/mol. The summed E-state index contributed by atoms with van der Waals surface area (Å²) in [5.41, 5.74) is 2.24. The van der Waals surface area contributed by atoms with Gasteiger partial charge in [-0.2, -0.15) is 0 Å². The first-order valence-corrected chi connectivity index (χ1v) is 12.7. The third-order valence-corrected chi connectivity index (χ3v) is 8.27. The second-order valence-corrected chi connectivity index (χ2v) is 11.0. The number of amides is 1. The van der Waals surface area contributed by atoms with Crippen LogP contribution < -0.4 is 10.0 Å². The third-order valence-electron chi connectivity index (χ3n) is 5.30. The topological polar surface area (TPSA) is 101 Å². The molecule has 0 bridgehead atoms. The molecule has 0 spiro atoms. The molecule has 2 aromatic heterocycles. The van der Waals surface area contributed by atoms with Crippen LogP contribution >= 0.6 is 11.3 Å². The lowest BCUT2D eigenvalue weighted by molar-refractivity contribution is -0.117. The second kappa shape index (κ2) is 9.40. The molecule has 0 saturated heterocycles. The Balaban J connectivity index is 1.41. The molecular weight excluding hydrogens is 446 g/mol. The van der Waals surface area contributed by atoms with Gasteiger partial charge in [0.15, 0.2) is 5.76 Å². The summed E-state index contributed by atoms with van der Waals surface area (Å²) in [5, 5.41) is 6.81. The Morgan fingerprint density at radius 2 is 1.97 bits per heavy atom. The number of anilines is 1. The number of rotatable bonds is 9. The van der Waals surface area contributed by atoms with Gasteiger partial charge in [-0.3, -0.25) is 4.79 Å². The van der Waals surface area contributed by atoms with Gasteiger partial charge < -0.3 is 9.84 Å². The predicted octanol–water partition coefficient (Wildman–Crippen LogP) is 4.65. The monoisotopic (exact) mass is 471 g/mol. The fraction of sp³-hybridized carbons (Fsp3) is 0.304. The van der Waals surface area contributed by atoms with Crippen LogP contribution in [0, 0.1) is 12.8 Å². The van der Waals surface area contributed by atoms with Gasteiger partial charge in [0.25, 0.3) is 0 Å². The van der Waals surface area contributed by atoms with Crippen LogP contribution in [0.15, 0.2) is 51.2 Å². The lowest BCUT2D eigenvalue weighted by atomic mass is 10.0. The molecule has 0 radical (unpaired) electrons. The number of nitrogens with one attached hydrogen (secondary N) is 2. The molecule has 32 heavy (non-hydrogen) atoms. The standard InChI is InChI=1S/C23H25N3O4S2/c1-15(17-6-4-3-5-7-17)14-24-32(28,29)21-13-11-19(31-21)10-12-20-22(16(2)26-30-20)25-23(27)18-8-9-18/h3-7,10-13,15,18,24H,8-9,14H2,1-2H3,(H,25,27). The number of hydrogen-bond donors (Lipinski definition) is 2. The molecule has 1 saturated carbocycles. The molecule has 9 heteroatoms. The van der Waals surface area contributed by atoms with Crippen molar-refractivity contribution in [1.29, 1.82) is 0 Å². The lowest BCUT2D eigenvalue weighted by Gasteiger charge is -2.12. The summed E-state index contributed by atoms with van der Waals surface area (Å²) in [6.07, 6.45) is 5.26. The molecule has 1 aliphatic carbocycles. The zero-order chi connectivity index (χ0) is 22.7. The number of sulfonamides is 1. The minimum Gasteiger partial charge on any atom is -0.354 e. The number of nitrogens with zero attached hydrogens (tertiary/aromatic N) is 1. The van der Waals surface area contributed by atoms with Crippen molar-refractivity contribution in [3.8, 4) is 0 Å². The number of carbonyl (C=O) groups is 1. The van der Waals surface area contributed by atoms with Crippen molar-refractivity contribution in [3.63, 3.8) is 0 Å². The first-order chi connectivity index (χ1) is 15.3. The van der Waals surface area contributed by atoms with E-state index in [-0.39, 0.29) is 22.0 Å². The van der Waals surface area contributed by atoms with Crippen molar-refractivity contribution in [3.05, 3.63) is 64.4 Å². The van der Waals surface area contributed by atoms with Gasteiger partial charge in [-0.05, 0) is 55.5 Å². The van der Waals surface area contributed by atoms with Crippen molar-refractivity contribution >= 4 is 45.1 Å². The molecule has 1 atom stereocenters. The van der Waals surface area contributed by atoms with Crippen LogP contribution in [0.2, 0.25) is 0 Å². The minimum absolute atomic E-state index is 0.0220. The van der Waals surface area contributed by atoms with Gasteiger partial charge in [0.2, 0.25) is 15.9 Å². The van der Waals surface area contributed by atoms with Crippen LogP contribution in [0.5, 0.6) is 0 Å². The summed E-state index contributed by atoms with van der Waals surface area (Å²) in [6.45, 7) is 4.07. The number of hydrogen-bond acceptors (Lipinski definition) is 6. The summed E-state index contributed by atoms with van der Waals surface area (Å²) in [4.78, 5) is 12.8. The molecule has 168 valence electrons. The first-order valence-electron chi connectivity index (χ1n) is 10.4. The molecule has 0 aliphatic heterocycles. The Bertz CT molecular complexity index is 1230. The van der Waals surface area contributed by atoms with Gasteiger partial charge in [0.1, 0.15) is 15.6 Å². The fourth-order valence-corrected chi connectivity index (χ4v) is 5.56. The second-order valence-electron chi connectivity index (χ2n) is 7.92. The van der Waals surface area contributed by atoms with Crippen molar-refractivity contribution < 1.29 is 17.7 Å². The van der Waals surface area contributed by atoms with Crippen molar-refractivity contribution in [2.24, 2.45) is 5.92 Å². The van der Waals surface area contributed by atoms with Crippen LogP contribution in [-0.2, 0) is 14.8 Å². The van der Waals surface area contributed by atoms with Gasteiger partial charge in [0.05, 0.1) is 0 Å². The van der Waals surface area contributed by atoms with E-state index in [2.05, 4.69) is 15.2 Å². The maximum absolute atomic E-state index is 12.7. The molecular formula is C23H25N3O4S2. The molecule has 1 unspecified atom stereocenters. The fourth-order valence-electron chi connectivity index (χ4n) is 3.16. The SMILES string of the molecule is Cc1noc(C=Cc2ccc(S(=O)(=O)NCC(C)c3ccccc3)s2)c1NC(=O)C1CC1.